The van der Waals surface area contributed by atoms with E-state index in [9.17, 15) is 14.4 Å². The van der Waals surface area contributed by atoms with Crippen LogP contribution in [0.15, 0.2) is 48.5 Å². The first kappa shape index (κ1) is 18.6. The van der Waals surface area contributed by atoms with Crippen LogP contribution < -0.4 is 5.32 Å². The molecule has 6 heteroatoms. The summed E-state index contributed by atoms with van der Waals surface area (Å²) in [6.07, 6.45) is 0. The van der Waals surface area contributed by atoms with E-state index in [0.29, 0.717) is 43.0 Å². The molecule has 0 saturated carbocycles. The summed E-state index contributed by atoms with van der Waals surface area (Å²) >= 11 is 0. The fourth-order valence-corrected chi connectivity index (χ4v) is 3.04. The van der Waals surface area contributed by atoms with Gasteiger partial charge in [0.2, 0.25) is 5.91 Å². The summed E-state index contributed by atoms with van der Waals surface area (Å²) in [5.41, 5.74) is 2.74. The number of nitrogens with zero attached hydrogens (tertiary/aromatic N) is 2. The number of carbonyl (C=O) groups is 3. The molecule has 0 bridgehead atoms. The Kier molecular flexibility index (Phi) is 5.54. The van der Waals surface area contributed by atoms with Crippen LogP contribution in [0.25, 0.3) is 0 Å². The molecule has 1 aliphatic heterocycles. The number of amides is 3. The second-order valence-corrected chi connectivity index (χ2v) is 6.70. The fraction of sp³-hybridized carbons (Fsp3) is 0.286. The van der Waals surface area contributed by atoms with Crippen LogP contribution in [0.3, 0.4) is 0 Å². The fourth-order valence-electron chi connectivity index (χ4n) is 3.04. The van der Waals surface area contributed by atoms with Crippen molar-refractivity contribution in [3.8, 4) is 0 Å². The Hall–Kier alpha value is -3.15. The van der Waals surface area contributed by atoms with Crippen LogP contribution in [0.1, 0.15) is 33.2 Å². The summed E-state index contributed by atoms with van der Waals surface area (Å²) in [6.45, 7) is 5.59. The van der Waals surface area contributed by atoms with Crippen molar-refractivity contribution in [1.82, 2.24) is 9.80 Å². The molecule has 140 valence electrons. The minimum Gasteiger partial charge on any atom is -0.339 e. The lowest BCUT2D eigenvalue weighted by Gasteiger charge is -2.34. The summed E-state index contributed by atoms with van der Waals surface area (Å²) in [4.78, 5) is 40.1. The molecule has 0 spiro atoms. The van der Waals surface area contributed by atoms with Gasteiger partial charge in [-0.15, -0.1) is 0 Å². The van der Waals surface area contributed by atoms with Crippen molar-refractivity contribution in [1.29, 1.82) is 0 Å². The third kappa shape index (κ3) is 4.53. The predicted molar refractivity (Wildman–Crippen MR) is 104 cm³/mol. The van der Waals surface area contributed by atoms with Crippen molar-refractivity contribution >= 4 is 23.4 Å². The smallest absolute Gasteiger partial charge is 0.255 e. The molecule has 1 N–H and O–H groups in total. The standard InChI is InChI=1S/C21H23N3O3/c1-15-6-8-19(9-7-15)22-20(26)17-4-3-5-18(14-17)21(27)24-12-10-23(11-13-24)16(2)25/h3-9,14H,10-13H2,1-2H3,(H,22,26). The molecular weight excluding hydrogens is 342 g/mol. The highest BCUT2D eigenvalue weighted by atomic mass is 16.2. The molecule has 1 heterocycles. The molecule has 3 rings (SSSR count). The van der Waals surface area contributed by atoms with E-state index in [4.69, 9.17) is 0 Å². The van der Waals surface area contributed by atoms with Crippen molar-refractivity contribution in [2.24, 2.45) is 0 Å². The van der Waals surface area contributed by atoms with Gasteiger partial charge in [0.05, 0.1) is 0 Å². The molecule has 1 aliphatic rings. The van der Waals surface area contributed by atoms with E-state index in [1.165, 1.54) is 6.92 Å². The van der Waals surface area contributed by atoms with Crippen LogP contribution in [0.5, 0.6) is 0 Å². The third-order valence-electron chi connectivity index (χ3n) is 4.69. The monoisotopic (exact) mass is 365 g/mol. The van der Waals surface area contributed by atoms with Crippen LogP contribution in [-0.4, -0.2) is 53.7 Å². The van der Waals surface area contributed by atoms with Gasteiger partial charge in [0, 0.05) is 49.9 Å². The highest BCUT2D eigenvalue weighted by Crippen LogP contribution is 2.14. The Morgan fingerprint density at radius 2 is 1.44 bits per heavy atom. The highest BCUT2D eigenvalue weighted by Gasteiger charge is 2.23. The van der Waals surface area contributed by atoms with Gasteiger partial charge in [0.1, 0.15) is 0 Å². The number of aryl methyl sites for hydroxylation is 1. The molecular formula is C21H23N3O3. The summed E-state index contributed by atoms with van der Waals surface area (Å²) < 4.78 is 0. The topological polar surface area (TPSA) is 69.7 Å². The molecule has 0 unspecified atom stereocenters. The Balaban J connectivity index is 1.67. The van der Waals surface area contributed by atoms with Crippen molar-refractivity contribution in [3.63, 3.8) is 0 Å². The number of hydrogen-bond donors (Lipinski definition) is 1. The molecule has 3 amide bonds. The van der Waals surface area contributed by atoms with Crippen molar-refractivity contribution in [2.75, 3.05) is 31.5 Å². The SMILES string of the molecule is CC(=O)N1CCN(C(=O)c2cccc(C(=O)Nc3ccc(C)cc3)c2)CC1. The lowest BCUT2D eigenvalue weighted by molar-refractivity contribution is -0.130. The average molecular weight is 365 g/mol. The third-order valence-corrected chi connectivity index (χ3v) is 4.69. The number of rotatable bonds is 3. The molecule has 0 radical (unpaired) electrons. The minimum atomic E-state index is -0.255. The second-order valence-electron chi connectivity index (χ2n) is 6.70. The van der Waals surface area contributed by atoms with E-state index < -0.39 is 0 Å². The maximum atomic E-state index is 12.7. The van der Waals surface area contributed by atoms with Gasteiger partial charge in [-0.25, -0.2) is 0 Å². The summed E-state index contributed by atoms with van der Waals surface area (Å²) in [5.74, 6) is -0.352. The number of nitrogens with one attached hydrogen (secondary N) is 1. The number of anilines is 1. The molecule has 0 aliphatic carbocycles. The first-order chi connectivity index (χ1) is 12.9. The summed E-state index contributed by atoms with van der Waals surface area (Å²) in [7, 11) is 0. The first-order valence-electron chi connectivity index (χ1n) is 8.97. The predicted octanol–water partition coefficient (Wildman–Crippen LogP) is 2.55. The van der Waals surface area contributed by atoms with E-state index in [1.54, 1.807) is 34.1 Å². The van der Waals surface area contributed by atoms with Crippen LogP contribution in [0.4, 0.5) is 5.69 Å². The van der Waals surface area contributed by atoms with E-state index in [2.05, 4.69) is 5.32 Å². The van der Waals surface area contributed by atoms with Gasteiger partial charge in [0.15, 0.2) is 0 Å². The molecule has 2 aromatic rings. The molecule has 0 atom stereocenters. The lowest BCUT2D eigenvalue weighted by atomic mass is 10.1. The Bertz CT molecular complexity index is 853. The average Bonchev–Trinajstić information content (AvgIpc) is 2.69. The number of hydrogen-bond acceptors (Lipinski definition) is 3. The van der Waals surface area contributed by atoms with E-state index in [1.807, 2.05) is 31.2 Å². The number of carbonyl (C=O) groups excluding carboxylic acids is 3. The van der Waals surface area contributed by atoms with Crippen molar-refractivity contribution in [2.45, 2.75) is 13.8 Å². The quantitative estimate of drug-likeness (QED) is 0.909. The number of benzene rings is 2. The summed E-state index contributed by atoms with van der Waals surface area (Å²) in [5, 5.41) is 2.84. The van der Waals surface area contributed by atoms with Crippen LogP contribution in [-0.2, 0) is 4.79 Å². The zero-order valence-electron chi connectivity index (χ0n) is 15.6. The van der Waals surface area contributed by atoms with Crippen LogP contribution in [0.2, 0.25) is 0 Å². The Morgan fingerprint density at radius 1 is 0.852 bits per heavy atom. The zero-order chi connectivity index (χ0) is 19.4. The van der Waals surface area contributed by atoms with E-state index in [-0.39, 0.29) is 17.7 Å². The van der Waals surface area contributed by atoms with Crippen LogP contribution >= 0.6 is 0 Å². The molecule has 1 saturated heterocycles. The Labute approximate surface area is 158 Å². The molecule has 2 aromatic carbocycles. The van der Waals surface area contributed by atoms with Crippen LogP contribution in [0, 0.1) is 6.92 Å². The zero-order valence-corrected chi connectivity index (χ0v) is 15.6. The van der Waals surface area contributed by atoms with Crippen molar-refractivity contribution < 1.29 is 14.4 Å². The van der Waals surface area contributed by atoms with Gasteiger partial charge >= 0.3 is 0 Å². The van der Waals surface area contributed by atoms with Gasteiger partial charge < -0.3 is 15.1 Å². The van der Waals surface area contributed by atoms with Gasteiger partial charge in [-0.1, -0.05) is 23.8 Å². The largest absolute Gasteiger partial charge is 0.339 e. The van der Waals surface area contributed by atoms with Gasteiger partial charge in [-0.05, 0) is 37.3 Å². The van der Waals surface area contributed by atoms with Gasteiger partial charge in [-0.3, -0.25) is 14.4 Å². The second kappa shape index (κ2) is 8.03. The summed E-state index contributed by atoms with van der Waals surface area (Å²) in [6, 6.07) is 14.3. The lowest BCUT2D eigenvalue weighted by Crippen LogP contribution is -2.50. The Morgan fingerprint density at radius 3 is 2.07 bits per heavy atom. The number of piperazine rings is 1. The van der Waals surface area contributed by atoms with Gasteiger partial charge in [-0.2, -0.15) is 0 Å². The van der Waals surface area contributed by atoms with E-state index in [0.717, 1.165) is 5.56 Å². The van der Waals surface area contributed by atoms with E-state index >= 15 is 0 Å². The highest BCUT2D eigenvalue weighted by molar-refractivity contribution is 6.06. The van der Waals surface area contributed by atoms with Gasteiger partial charge in [0.25, 0.3) is 11.8 Å². The van der Waals surface area contributed by atoms with Crippen molar-refractivity contribution in [3.05, 3.63) is 65.2 Å². The molecule has 27 heavy (non-hydrogen) atoms. The molecule has 6 nitrogen and oxygen atoms in total. The maximum absolute atomic E-state index is 12.7. The first-order valence-corrected chi connectivity index (χ1v) is 8.97. The molecule has 1 fully saturated rings. The normalized spacial score (nSPS) is 14.0. The minimum absolute atomic E-state index is 0.0249. The maximum Gasteiger partial charge on any atom is 0.255 e. The molecule has 0 aromatic heterocycles.